The number of nitrogens with one attached hydrogen (secondary N) is 1. The van der Waals surface area contributed by atoms with Crippen LogP contribution < -0.4 is 5.32 Å². The summed E-state index contributed by atoms with van der Waals surface area (Å²) < 4.78 is 0. The molecule has 4 rings (SSSR count). The van der Waals surface area contributed by atoms with Gasteiger partial charge < -0.3 is 15.1 Å². The lowest BCUT2D eigenvalue weighted by molar-refractivity contribution is -0.127. The molecule has 7 heteroatoms. The number of hydrogen-bond donors (Lipinski definition) is 1. The van der Waals surface area contributed by atoms with Gasteiger partial charge in [-0.15, -0.1) is 0 Å². The molecule has 36 heavy (non-hydrogen) atoms. The molecule has 0 atom stereocenters. The molecule has 1 fully saturated rings. The third kappa shape index (κ3) is 5.90. The van der Waals surface area contributed by atoms with E-state index in [1.165, 1.54) is 0 Å². The van der Waals surface area contributed by atoms with Crippen molar-refractivity contribution in [1.82, 2.24) is 9.80 Å². The van der Waals surface area contributed by atoms with Gasteiger partial charge in [-0.05, 0) is 62.1 Å². The Morgan fingerprint density at radius 3 is 2.44 bits per heavy atom. The van der Waals surface area contributed by atoms with Crippen molar-refractivity contribution in [2.24, 2.45) is 4.99 Å². The van der Waals surface area contributed by atoms with Gasteiger partial charge in [-0.25, -0.2) is 0 Å². The lowest BCUT2D eigenvalue weighted by Gasteiger charge is -2.22. The van der Waals surface area contributed by atoms with E-state index in [2.05, 4.69) is 24.2 Å². The summed E-state index contributed by atoms with van der Waals surface area (Å²) in [6.45, 7) is 7.17. The van der Waals surface area contributed by atoms with Crippen molar-refractivity contribution in [3.05, 3.63) is 64.7 Å². The second-order valence-electron chi connectivity index (χ2n) is 9.29. The van der Waals surface area contributed by atoms with Gasteiger partial charge >= 0.3 is 0 Å². The van der Waals surface area contributed by atoms with Gasteiger partial charge in [0, 0.05) is 66.8 Å². The molecule has 0 aromatic heterocycles. The van der Waals surface area contributed by atoms with Crippen LogP contribution in [-0.2, 0) is 4.79 Å². The molecule has 1 N–H and O–H groups in total. The first-order valence-electron chi connectivity index (χ1n) is 12.9. The Kier molecular flexibility index (Phi) is 8.31. The third-order valence-electron chi connectivity index (χ3n) is 6.47. The van der Waals surface area contributed by atoms with E-state index in [4.69, 9.17) is 0 Å². The highest BCUT2D eigenvalue weighted by Gasteiger charge is 2.21. The van der Waals surface area contributed by atoms with Crippen LogP contribution in [0.5, 0.6) is 0 Å². The Morgan fingerprint density at radius 2 is 1.72 bits per heavy atom. The minimum absolute atomic E-state index is 0.00320. The molecule has 0 bridgehead atoms. The first-order chi connectivity index (χ1) is 17.5. The predicted molar refractivity (Wildman–Crippen MR) is 144 cm³/mol. The van der Waals surface area contributed by atoms with Crippen LogP contribution in [0.4, 0.5) is 11.4 Å². The molecule has 188 valence electrons. The number of fused-ring (bicyclic) bond motifs is 1. The summed E-state index contributed by atoms with van der Waals surface area (Å²) in [5.41, 5.74) is 3.78. The van der Waals surface area contributed by atoms with Crippen molar-refractivity contribution in [2.75, 3.05) is 31.5 Å². The number of amides is 3. The lowest BCUT2D eigenvalue weighted by Crippen LogP contribution is -2.33. The van der Waals surface area contributed by atoms with Crippen LogP contribution in [0.1, 0.15) is 72.2 Å². The maximum atomic E-state index is 13.1. The molecule has 0 radical (unpaired) electrons. The van der Waals surface area contributed by atoms with Crippen LogP contribution in [-0.4, -0.2) is 59.9 Å². The summed E-state index contributed by atoms with van der Waals surface area (Å²) in [4.78, 5) is 47.1. The van der Waals surface area contributed by atoms with E-state index in [9.17, 15) is 14.4 Å². The number of aliphatic imine (C=N–C) groups is 1. The molecule has 2 aromatic rings. The van der Waals surface area contributed by atoms with E-state index in [0.29, 0.717) is 34.5 Å². The molecule has 0 saturated carbocycles. The Hall–Kier alpha value is -3.74. The van der Waals surface area contributed by atoms with E-state index >= 15 is 0 Å². The quantitative estimate of drug-likeness (QED) is 0.549. The van der Waals surface area contributed by atoms with E-state index in [0.717, 1.165) is 57.4 Å². The zero-order valence-corrected chi connectivity index (χ0v) is 21.1. The maximum Gasteiger partial charge on any atom is 0.255 e. The Labute approximate surface area is 212 Å². The largest absolute Gasteiger partial charge is 0.339 e. The van der Waals surface area contributed by atoms with Crippen molar-refractivity contribution in [2.45, 2.75) is 46.0 Å². The number of carbonyl (C=O) groups is 3. The molecular weight excluding hydrogens is 452 g/mol. The first-order valence-corrected chi connectivity index (χ1v) is 12.9. The van der Waals surface area contributed by atoms with Crippen molar-refractivity contribution in [3.8, 4) is 0 Å². The normalized spacial score (nSPS) is 14.6. The van der Waals surface area contributed by atoms with Crippen molar-refractivity contribution in [3.63, 3.8) is 0 Å². The summed E-state index contributed by atoms with van der Waals surface area (Å²) in [6, 6.07) is 12.4. The fraction of sp³-hybridized carbons (Fsp3) is 0.379. The summed E-state index contributed by atoms with van der Waals surface area (Å²) in [6.07, 6.45) is 7.97. The minimum atomic E-state index is -0.277. The molecule has 2 aromatic carbocycles. The second-order valence-corrected chi connectivity index (χ2v) is 9.29. The number of anilines is 1. The topological polar surface area (TPSA) is 82.1 Å². The summed E-state index contributed by atoms with van der Waals surface area (Å²) >= 11 is 0. The van der Waals surface area contributed by atoms with Gasteiger partial charge in [-0.2, -0.15) is 0 Å². The van der Waals surface area contributed by atoms with E-state index in [1.807, 2.05) is 21.9 Å². The average Bonchev–Trinajstić information content (AvgIpc) is 3.34. The lowest BCUT2D eigenvalue weighted by atomic mass is 10.0. The standard InChI is InChI=1S/C29H34N4O3/c1-3-14-32(15-4-2)29(36)24-12-13-30-26-20-22(11-10-21(26)18-24)27(34)31-25-9-7-8-23(19-25)28(35)33-16-5-6-17-33/h7-11,13,18-20H,3-6,12,14-17H2,1-2H3,(H,31,34). The zero-order chi connectivity index (χ0) is 25.5. The summed E-state index contributed by atoms with van der Waals surface area (Å²) in [7, 11) is 0. The molecule has 1 saturated heterocycles. The number of rotatable bonds is 8. The first kappa shape index (κ1) is 25.4. The minimum Gasteiger partial charge on any atom is -0.339 e. The van der Waals surface area contributed by atoms with Crippen molar-refractivity contribution < 1.29 is 14.4 Å². The van der Waals surface area contributed by atoms with Crippen LogP contribution in [0.15, 0.2) is 53.0 Å². The third-order valence-corrected chi connectivity index (χ3v) is 6.47. The van der Waals surface area contributed by atoms with Crippen molar-refractivity contribution >= 4 is 41.4 Å². The average molecular weight is 487 g/mol. The highest BCUT2D eigenvalue weighted by Crippen LogP contribution is 2.28. The van der Waals surface area contributed by atoms with Crippen LogP contribution in [0.2, 0.25) is 0 Å². The van der Waals surface area contributed by atoms with Crippen molar-refractivity contribution in [1.29, 1.82) is 0 Å². The van der Waals surface area contributed by atoms with Crippen LogP contribution >= 0.6 is 0 Å². The van der Waals surface area contributed by atoms with E-state index in [1.54, 1.807) is 42.6 Å². The SMILES string of the molecule is CCCN(CCC)C(=O)C1=Cc2ccc(C(=O)Nc3cccc(C(=O)N4CCCC4)c3)cc2N=CC1. The molecule has 2 aliphatic heterocycles. The molecule has 7 nitrogen and oxygen atoms in total. The fourth-order valence-corrected chi connectivity index (χ4v) is 4.65. The molecule has 0 spiro atoms. The van der Waals surface area contributed by atoms with Gasteiger partial charge in [0.15, 0.2) is 0 Å². The maximum absolute atomic E-state index is 13.1. The van der Waals surface area contributed by atoms with Gasteiger partial charge in [0.2, 0.25) is 5.91 Å². The highest BCUT2D eigenvalue weighted by molar-refractivity contribution is 6.07. The summed E-state index contributed by atoms with van der Waals surface area (Å²) in [5.74, 6) is -0.236. The number of benzene rings is 2. The van der Waals surface area contributed by atoms with Gasteiger partial charge in [-0.1, -0.05) is 26.0 Å². The molecule has 0 unspecified atom stereocenters. The summed E-state index contributed by atoms with van der Waals surface area (Å²) in [5, 5.41) is 2.90. The molecule has 3 amide bonds. The van der Waals surface area contributed by atoms with Gasteiger partial charge in [0.25, 0.3) is 11.8 Å². The predicted octanol–water partition coefficient (Wildman–Crippen LogP) is 5.31. The number of likely N-dealkylation sites (tertiary alicyclic amines) is 1. The van der Waals surface area contributed by atoms with Gasteiger partial charge in [0.1, 0.15) is 0 Å². The van der Waals surface area contributed by atoms with Gasteiger partial charge in [0.05, 0.1) is 5.69 Å². The van der Waals surface area contributed by atoms with E-state index in [-0.39, 0.29) is 17.7 Å². The van der Waals surface area contributed by atoms with Gasteiger partial charge in [-0.3, -0.25) is 19.4 Å². The zero-order valence-electron chi connectivity index (χ0n) is 21.1. The molecule has 2 heterocycles. The van der Waals surface area contributed by atoms with Crippen LogP contribution in [0.25, 0.3) is 6.08 Å². The fourth-order valence-electron chi connectivity index (χ4n) is 4.65. The molecular formula is C29H34N4O3. The number of nitrogens with zero attached hydrogens (tertiary/aromatic N) is 3. The second kappa shape index (κ2) is 11.8. The number of hydrogen-bond acceptors (Lipinski definition) is 4. The highest BCUT2D eigenvalue weighted by atomic mass is 16.2. The van der Waals surface area contributed by atoms with Crippen LogP contribution in [0, 0.1) is 0 Å². The monoisotopic (exact) mass is 486 g/mol. The number of carbonyl (C=O) groups excluding carboxylic acids is 3. The molecule has 2 aliphatic rings. The molecule has 0 aliphatic carbocycles. The smallest absolute Gasteiger partial charge is 0.255 e. The van der Waals surface area contributed by atoms with E-state index < -0.39 is 0 Å². The Balaban J connectivity index is 1.49. The Morgan fingerprint density at radius 1 is 0.972 bits per heavy atom. The Bertz CT molecular complexity index is 1190. The van der Waals surface area contributed by atoms with Crippen LogP contribution in [0.3, 0.4) is 0 Å².